The van der Waals surface area contributed by atoms with Gasteiger partial charge in [0, 0.05) is 25.7 Å². The Morgan fingerprint density at radius 1 is 0.287 bits per heavy atom. The molecule has 0 aliphatic rings. The predicted octanol–water partition coefficient (Wildman–Crippen LogP) is 22.1. The third kappa shape index (κ3) is 68.6. The maximum atomic E-state index is 13.1. The molecule has 0 bridgehead atoms. The van der Waals surface area contributed by atoms with Crippen LogP contribution in [0.2, 0.25) is 0 Å². The molecule has 558 valence electrons. The Bertz CT molecular complexity index is 1810. The molecule has 19 heteroatoms. The number of rotatable bonds is 75. The lowest BCUT2D eigenvalue weighted by Crippen LogP contribution is -2.30. The van der Waals surface area contributed by atoms with Crippen molar-refractivity contribution in [2.75, 3.05) is 39.6 Å². The summed E-state index contributed by atoms with van der Waals surface area (Å²) in [7, 11) is -9.90. The summed E-state index contributed by atoms with van der Waals surface area (Å²) < 4.78 is 68.2. The van der Waals surface area contributed by atoms with Gasteiger partial charge in [0.25, 0.3) is 0 Å². The van der Waals surface area contributed by atoms with Crippen LogP contribution in [0.15, 0.2) is 0 Å². The quantitative estimate of drug-likeness (QED) is 0.0222. The largest absolute Gasteiger partial charge is 0.472 e. The number of phosphoric ester groups is 2. The molecule has 0 heterocycles. The zero-order valence-electron chi connectivity index (χ0n) is 61.1. The van der Waals surface area contributed by atoms with Gasteiger partial charge >= 0.3 is 39.5 Å². The molecule has 0 aromatic rings. The topological polar surface area (TPSA) is 237 Å². The second-order valence-electron chi connectivity index (χ2n) is 27.5. The Labute approximate surface area is 575 Å². The Morgan fingerprint density at radius 3 is 0.723 bits per heavy atom. The summed E-state index contributed by atoms with van der Waals surface area (Å²) in [4.78, 5) is 72.4. The van der Waals surface area contributed by atoms with Gasteiger partial charge in [0.15, 0.2) is 12.2 Å². The third-order valence-corrected chi connectivity index (χ3v) is 19.4. The Morgan fingerprint density at radius 2 is 0.489 bits per heavy atom. The number of carbonyl (C=O) groups is 4. The maximum Gasteiger partial charge on any atom is 0.472 e. The number of hydrogen-bond acceptors (Lipinski definition) is 15. The number of unbranched alkanes of at least 4 members (excludes halogenated alkanes) is 47. The van der Waals surface area contributed by atoms with Gasteiger partial charge in [-0.2, -0.15) is 0 Å². The van der Waals surface area contributed by atoms with Crippen molar-refractivity contribution in [3.8, 4) is 0 Å². The highest BCUT2D eigenvalue weighted by Crippen LogP contribution is 2.45. The Balaban J connectivity index is 5.10. The highest BCUT2D eigenvalue weighted by atomic mass is 31.2. The molecule has 0 fully saturated rings. The number of hydrogen-bond donors (Lipinski definition) is 3. The molecule has 0 aliphatic carbocycles. The van der Waals surface area contributed by atoms with Crippen LogP contribution in [-0.2, 0) is 65.4 Å². The van der Waals surface area contributed by atoms with Crippen LogP contribution >= 0.6 is 15.6 Å². The van der Waals surface area contributed by atoms with Crippen molar-refractivity contribution in [1.29, 1.82) is 0 Å². The van der Waals surface area contributed by atoms with E-state index in [1.54, 1.807) is 0 Å². The SMILES string of the molecule is CCCCCCCCCCCCCCCCCCCCCCCCC(=O)O[C@H](COC(=O)CCCCCCCCCCCCCCC(C)C)COP(=O)(O)OC[C@@H](O)COP(=O)(O)OC[C@@H](COC(=O)CCCCCCC)OC(=O)CCCCCCCCCCCCCC. The second kappa shape index (κ2) is 68.2. The second-order valence-corrected chi connectivity index (χ2v) is 30.4. The number of esters is 4. The Hall–Kier alpha value is -1.94. The predicted molar refractivity (Wildman–Crippen MR) is 382 cm³/mol. The van der Waals surface area contributed by atoms with Crippen molar-refractivity contribution in [2.24, 2.45) is 5.92 Å². The van der Waals surface area contributed by atoms with Gasteiger partial charge < -0.3 is 33.8 Å². The standard InChI is InChI=1S/C75H146O17P2/c1-6-9-12-15-17-19-21-23-24-25-26-27-28-29-30-31-32-38-42-46-51-56-61-75(80)92-71(65-86-73(78)59-54-49-44-40-37-34-33-35-39-43-48-52-57-68(4)5)67-90-94(83,84)88-63-69(76)62-87-93(81,82)89-66-70(64-85-72(77)58-53-47-14-11-8-3)91-74(79)60-55-50-45-41-36-22-20-18-16-13-10-7-2/h68-71,76H,6-67H2,1-5H3,(H,81,82)(H,83,84)/t69-,70+,71+/m0/s1. The van der Waals surface area contributed by atoms with E-state index in [2.05, 4.69) is 34.6 Å². The molecular formula is C75H146O17P2. The van der Waals surface area contributed by atoms with Crippen LogP contribution in [0.1, 0.15) is 394 Å². The van der Waals surface area contributed by atoms with E-state index < -0.39 is 97.5 Å². The van der Waals surface area contributed by atoms with Crippen LogP contribution in [0.4, 0.5) is 0 Å². The van der Waals surface area contributed by atoms with E-state index >= 15 is 0 Å². The molecule has 0 rings (SSSR count). The molecule has 5 atom stereocenters. The molecule has 0 amide bonds. The van der Waals surface area contributed by atoms with Gasteiger partial charge in [0.2, 0.25) is 0 Å². The smallest absolute Gasteiger partial charge is 0.462 e. The fourth-order valence-corrected chi connectivity index (χ4v) is 13.1. The summed E-state index contributed by atoms with van der Waals surface area (Å²) in [6.45, 7) is 7.20. The van der Waals surface area contributed by atoms with Crippen molar-refractivity contribution in [1.82, 2.24) is 0 Å². The molecule has 0 radical (unpaired) electrons. The highest BCUT2D eigenvalue weighted by Gasteiger charge is 2.30. The van der Waals surface area contributed by atoms with E-state index in [4.69, 9.17) is 37.0 Å². The first kappa shape index (κ1) is 92.1. The van der Waals surface area contributed by atoms with E-state index in [-0.39, 0.29) is 25.7 Å². The summed E-state index contributed by atoms with van der Waals surface area (Å²) in [6, 6.07) is 0. The first-order valence-electron chi connectivity index (χ1n) is 39.1. The summed E-state index contributed by atoms with van der Waals surface area (Å²) in [6.07, 6.45) is 57.4. The van der Waals surface area contributed by atoms with Crippen molar-refractivity contribution >= 4 is 39.5 Å². The maximum absolute atomic E-state index is 13.1. The third-order valence-electron chi connectivity index (χ3n) is 17.5. The molecule has 0 aliphatic heterocycles. The highest BCUT2D eigenvalue weighted by molar-refractivity contribution is 7.47. The lowest BCUT2D eigenvalue weighted by Gasteiger charge is -2.21. The normalized spacial score (nSPS) is 14.0. The first-order valence-corrected chi connectivity index (χ1v) is 42.1. The van der Waals surface area contributed by atoms with E-state index in [0.29, 0.717) is 25.7 Å². The lowest BCUT2D eigenvalue weighted by molar-refractivity contribution is -0.161. The van der Waals surface area contributed by atoms with Crippen LogP contribution < -0.4 is 0 Å². The average molecular weight is 1380 g/mol. The van der Waals surface area contributed by atoms with Crippen molar-refractivity contribution in [2.45, 2.75) is 412 Å². The van der Waals surface area contributed by atoms with Crippen molar-refractivity contribution in [3.05, 3.63) is 0 Å². The minimum atomic E-state index is -4.95. The average Bonchev–Trinajstić information content (AvgIpc) is 1.52. The molecule has 0 saturated heterocycles. The number of aliphatic hydroxyl groups is 1. The lowest BCUT2D eigenvalue weighted by atomic mass is 10.0. The van der Waals surface area contributed by atoms with Gasteiger partial charge in [-0.15, -0.1) is 0 Å². The van der Waals surface area contributed by atoms with Gasteiger partial charge in [0.05, 0.1) is 26.4 Å². The summed E-state index contributed by atoms with van der Waals surface area (Å²) in [5.74, 6) is -1.35. The molecular weight excluding hydrogens is 1230 g/mol. The van der Waals surface area contributed by atoms with Crippen LogP contribution in [0.5, 0.6) is 0 Å². The molecule has 17 nitrogen and oxygen atoms in total. The van der Waals surface area contributed by atoms with E-state index in [1.807, 2.05) is 0 Å². The van der Waals surface area contributed by atoms with Gasteiger partial charge in [-0.3, -0.25) is 37.3 Å². The molecule has 0 aromatic carbocycles. The minimum Gasteiger partial charge on any atom is -0.462 e. The van der Waals surface area contributed by atoms with Gasteiger partial charge in [-0.1, -0.05) is 343 Å². The van der Waals surface area contributed by atoms with E-state index in [9.17, 15) is 43.2 Å². The van der Waals surface area contributed by atoms with Crippen molar-refractivity contribution < 1.29 is 80.2 Å². The first-order chi connectivity index (χ1) is 45.5. The summed E-state index contributed by atoms with van der Waals surface area (Å²) in [5, 5.41) is 10.6. The molecule has 2 unspecified atom stereocenters. The number of aliphatic hydroxyl groups excluding tert-OH is 1. The monoisotopic (exact) mass is 1380 g/mol. The summed E-state index contributed by atoms with van der Waals surface area (Å²) >= 11 is 0. The van der Waals surface area contributed by atoms with E-state index in [0.717, 1.165) is 102 Å². The Kier molecular flexibility index (Phi) is 66.8. The fraction of sp³-hybridized carbons (Fsp3) is 0.947. The summed E-state index contributed by atoms with van der Waals surface area (Å²) in [5.41, 5.74) is 0. The molecule has 94 heavy (non-hydrogen) atoms. The van der Waals surface area contributed by atoms with Gasteiger partial charge in [-0.05, 0) is 31.6 Å². The molecule has 3 N–H and O–H groups in total. The number of carbonyl (C=O) groups excluding carboxylic acids is 4. The van der Waals surface area contributed by atoms with Crippen LogP contribution in [0, 0.1) is 5.92 Å². The molecule has 0 aromatic heterocycles. The van der Waals surface area contributed by atoms with Gasteiger partial charge in [0.1, 0.15) is 19.3 Å². The van der Waals surface area contributed by atoms with Crippen LogP contribution in [0.25, 0.3) is 0 Å². The van der Waals surface area contributed by atoms with E-state index in [1.165, 1.54) is 212 Å². The van der Waals surface area contributed by atoms with Crippen LogP contribution in [0.3, 0.4) is 0 Å². The zero-order valence-corrected chi connectivity index (χ0v) is 62.9. The number of ether oxygens (including phenoxy) is 4. The van der Waals surface area contributed by atoms with Gasteiger partial charge in [-0.25, -0.2) is 9.13 Å². The zero-order chi connectivity index (χ0) is 69.1. The molecule has 0 spiro atoms. The number of phosphoric acid groups is 2. The fourth-order valence-electron chi connectivity index (χ4n) is 11.5. The molecule has 0 saturated carbocycles. The van der Waals surface area contributed by atoms with Crippen LogP contribution in [-0.4, -0.2) is 96.7 Å². The minimum absolute atomic E-state index is 0.107. The van der Waals surface area contributed by atoms with Crippen molar-refractivity contribution in [3.63, 3.8) is 0 Å².